The number of benzene rings is 2. The average molecular weight is 374 g/mol. The van der Waals surface area contributed by atoms with E-state index in [1.165, 1.54) is 24.4 Å². The number of nitrogens with one attached hydrogen (secondary N) is 2. The van der Waals surface area contributed by atoms with E-state index in [2.05, 4.69) is 15.6 Å². The monoisotopic (exact) mass is 373 g/mol. The Bertz CT molecular complexity index is 895. The van der Waals surface area contributed by atoms with E-state index in [9.17, 15) is 13.6 Å². The van der Waals surface area contributed by atoms with Crippen molar-refractivity contribution in [2.45, 2.75) is 6.54 Å². The second-order valence-electron chi connectivity index (χ2n) is 5.46. The SMILES string of the molecule is O=C(NCc1ccc(Cl)cc1)c1ccc(Nc2c(F)cccc2F)cn1. The van der Waals surface area contributed by atoms with Gasteiger partial charge in [0.1, 0.15) is 23.0 Å². The zero-order valence-corrected chi connectivity index (χ0v) is 14.2. The quantitative estimate of drug-likeness (QED) is 0.682. The van der Waals surface area contributed by atoms with E-state index < -0.39 is 11.6 Å². The van der Waals surface area contributed by atoms with Gasteiger partial charge in [-0.1, -0.05) is 29.8 Å². The molecule has 4 nitrogen and oxygen atoms in total. The summed E-state index contributed by atoms with van der Waals surface area (Å²) in [6, 6.07) is 13.7. The van der Waals surface area contributed by atoms with Gasteiger partial charge in [0.15, 0.2) is 0 Å². The first kappa shape index (κ1) is 17.8. The van der Waals surface area contributed by atoms with Gasteiger partial charge >= 0.3 is 0 Å². The molecule has 7 heteroatoms. The highest BCUT2D eigenvalue weighted by atomic mass is 35.5. The summed E-state index contributed by atoms with van der Waals surface area (Å²) in [6.45, 7) is 0.331. The lowest BCUT2D eigenvalue weighted by atomic mass is 10.2. The predicted octanol–water partition coefficient (Wildman–Crippen LogP) is 4.69. The molecule has 0 atom stereocenters. The van der Waals surface area contributed by atoms with Gasteiger partial charge in [0, 0.05) is 11.6 Å². The van der Waals surface area contributed by atoms with Gasteiger partial charge in [0.25, 0.3) is 5.91 Å². The third-order valence-corrected chi connectivity index (χ3v) is 3.85. The van der Waals surface area contributed by atoms with E-state index in [4.69, 9.17) is 11.6 Å². The summed E-state index contributed by atoms with van der Waals surface area (Å²) in [4.78, 5) is 16.1. The highest BCUT2D eigenvalue weighted by Gasteiger charge is 2.10. The maximum Gasteiger partial charge on any atom is 0.270 e. The first-order valence-corrected chi connectivity index (χ1v) is 8.10. The van der Waals surface area contributed by atoms with Gasteiger partial charge in [-0.2, -0.15) is 0 Å². The summed E-state index contributed by atoms with van der Waals surface area (Å²) in [7, 11) is 0. The Balaban J connectivity index is 1.63. The second-order valence-corrected chi connectivity index (χ2v) is 5.90. The molecule has 0 spiro atoms. The fourth-order valence-corrected chi connectivity index (χ4v) is 2.36. The number of para-hydroxylation sites is 1. The largest absolute Gasteiger partial charge is 0.349 e. The highest BCUT2D eigenvalue weighted by molar-refractivity contribution is 6.30. The molecule has 26 heavy (non-hydrogen) atoms. The van der Waals surface area contributed by atoms with Crippen molar-refractivity contribution < 1.29 is 13.6 Å². The van der Waals surface area contributed by atoms with Crippen LogP contribution in [0.3, 0.4) is 0 Å². The van der Waals surface area contributed by atoms with Crippen molar-refractivity contribution >= 4 is 28.9 Å². The summed E-state index contributed by atoms with van der Waals surface area (Å²) < 4.78 is 27.3. The van der Waals surface area contributed by atoms with Crippen LogP contribution in [0.1, 0.15) is 16.1 Å². The van der Waals surface area contributed by atoms with Crippen molar-refractivity contribution in [3.8, 4) is 0 Å². The number of rotatable bonds is 5. The molecule has 0 aliphatic carbocycles. The number of anilines is 2. The van der Waals surface area contributed by atoms with Crippen LogP contribution < -0.4 is 10.6 Å². The summed E-state index contributed by atoms with van der Waals surface area (Å²) in [5, 5.41) is 5.97. The minimum atomic E-state index is -0.713. The number of carbonyl (C=O) groups is 1. The number of pyridine rings is 1. The molecule has 0 radical (unpaired) electrons. The van der Waals surface area contributed by atoms with E-state index in [-0.39, 0.29) is 17.3 Å². The van der Waals surface area contributed by atoms with Gasteiger partial charge in [-0.25, -0.2) is 13.8 Å². The van der Waals surface area contributed by atoms with Crippen LogP contribution >= 0.6 is 11.6 Å². The number of amides is 1. The van der Waals surface area contributed by atoms with Crippen LogP contribution in [-0.4, -0.2) is 10.9 Å². The van der Waals surface area contributed by atoms with Gasteiger partial charge in [-0.15, -0.1) is 0 Å². The molecule has 3 aromatic rings. The van der Waals surface area contributed by atoms with Crippen LogP contribution in [0.2, 0.25) is 5.02 Å². The van der Waals surface area contributed by atoms with Crippen LogP contribution in [-0.2, 0) is 6.54 Å². The molecular formula is C19H14ClF2N3O. The topological polar surface area (TPSA) is 54.0 Å². The molecule has 3 rings (SSSR count). The number of aromatic nitrogens is 1. The molecule has 0 bridgehead atoms. The standard InChI is InChI=1S/C19H14ClF2N3O/c20-13-6-4-12(5-7-13)10-24-19(26)17-9-8-14(11-23-17)25-18-15(21)2-1-3-16(18)22/h1-9,11,25H,10H2,(H,24,26). The minimum Gasteiger partial charge on any atom is -0.349 e. The number of nitrogens with zero attached hydrogens (tertiary/aromatic N) is 1. The lowest BCUT2D eigenvalue weighted by Crippen LogP contribution is -2.23. The lowest BCUT2D eigenvalue weighted by Gasteiger charge is -2.09. The van der Waals surface area contributed by atoms with E-state index in [0.717, 1.165) is 17.7 Å². The molecule has 1 amide bonds. The van der Waals surface area contributed by atoms with Crippen molar-refractivity contribution in [2.75, 3.05) is 5.32 Å². The van der Waals surface area contributed by atoms with Crippen molar-refractivity contribution in [3.05, 3.63) is 88.7 Å². The van der Waals surface area contributed by atoms with Crippen molar-refractivity contribution in [1.29, 1.82) is 0 Å². The zero-order chi connectivity index (χ0) is 18.5. The molecule has 1 aromatic heterocycles. The molecule has 0 fully saturated rings. The normalized spacial score (nSPS) is 10.4. The lowest BCUT2D eigenvalue weighted by molar-refractivity contribution is 0.0946. The molecule has 2 aromatic carbocycles. The van der Waals surface area contributed by atoms with Gasteiger partial charge in [0.05, 0.1) is 11.9 Å². The number of hydrogen-bond acceptors (Lipinski definition) is 3. The molecule has 0 unspecified atom stereocenters. The Hall–Kier alpha value is -2.99. The van der Waals surface area contributed by atoms with Crippen LogP contribution in [0.5, 0.6) is 0 Å². The molecule has 0 aliphatic heterocycles. The Kier molecular flexibility index (Phi) is 5.43. The van der Waals surface area contributed by atoms with E-state index >= 15 is 0 Å². The predicted molar refractivity (Wildman–Crippen MR) is 96.5 cm³/mol. The first-order chi connectivity index (χ1) is 12.5. The van der Waals surface area contributed by atoms with Gasteiger partial charge in [-0.3, -0.25) is 4.79 Å². The van der Waals surface area contributed by atoms with Crippen LogP contribution in [0.25, 0.3) is 0 Å². The number of carbonyl (C=O) groups excluding carboxylic acids is 1. The van der Waals surface area contributed by atoms with Gasteiger partial charge in [-0.05, 0) is 42.0 Å². The summed E-state index contributed by atoms with van der Waals surface area (Å²) in [5.74, 6) is -1.78. The Morgan fingerprint density at radius 1 is 1.00 bits per heavy atom. The molecule has 0 aliphatic rings. The molecule has 2 N–H and O–H groups in total. The first-order valence-electron chi connectivity index (χ1n) is 7.72. The van der Waals surface area contributed by atoms with E-state index in [1.54, 1.807) is 12.1 Å². The third kappa shape index (κ3) is 4.34. The minimum absolute atomic E-state index is 0.193. The van der Waals surface area contributed by atoms with Gasteiger partial charge < -0.3 is 10.6 Å². The summed E-state index contributed by atoms with van der Waals surface area (Å²) >= 11 is 5.81. The molecular weight excluding hydrogens is 360 g/mol. The van der Waals surface area contributed by atoms with Gasteiger partial charge in [0.2, 0.25) is 0 Å². The Labute approximate surface area is 153 Å². The number of halogens is 3. The Morgan fingerprint density at radius 2 is 1.69 bits per heavy atom. The maximum atomic E-state index is 13.6. The molecule has 132 valence electrons. The Morgan fingerprint density at radius 3 is 2.31 bits per heavy atom. The van der Waals surface area contributed by atoms with Crippen LogP contribution in [0.4, 0.5) is 20.2 Å². The van der Waals surface area contributed by atoms with E-state index in [1.807, 2.05) is 12.1 Å². The molecule has 0 saturated heterocycles. The molecule has 0 saturated carbocycles. The molecule has 1 heterocycles. The highest BCUT2D eigenvalue weighted by Crippen LogP contribution is 2.22. The van der Waals surface area contributed by atoms with Crippen molar-refractivity contribution in [2.24, 2.45) is 0 Å². The van der Waals surface area contributed by atoms with Crippen LogP contribution in [0, 0.1) is 11.6 Å². The fraction of sp³-hybridized carbons (Fsp3) is 0.0526. The number of hydrogen-bond donors (Lipinski definition) is 2. The fourth-order valence-electron chi connectivity index (χ4n) is 2.24. The summed E-state index contributed by atoms with van der Waals surface area (Å²) in [5.41, 5.74) is 1.19. The smallest absolute Gasteiger partial charge is 0.270 e. The third-order valence-electron chi connectivity index (χ3n) is 3.59. The van der Waals surface area contributed by atoms with Crippen molar-refractivity contribution in [3.63, 3.8) is 0 Å². The van der Waals surface area contributed by atoms with E-state index in [0.29, 0.717) is 17.3 Å². The maximum absolute atomic E-state index is 13.6. The van der Waals surface area contributed by atoms with Crippen LogP contribution in [0.15, 0.2) is 60.8 Å². The zero-order valence-electron chi connectivity index (χ0n) is 13.5. The summed E-state index contributed by atoms with van der Waals surface area (Å²) in [6.07, 6.45) is 1.34. The van der Waals surface area contributed by atoms with Crippen molar-refractivity contribution in [1.82, 2.24) is 10.3 Å². The second kappa shape index (κ2) is 7.93. The average Bonchev–Trinajstić information content (AvgIpc) is 2.65.